The molecule has 0 unspecified atom stereocenters. The van der Waals surface area contributed by atoms with Crippen molar-refractivity contribution in [2.75, 3.05) is 13.1 Å². The summed E-state index contributed by atoms with van der Waals surface area (Å²) in [5, 5.41) is 5.29. The molecular weight excluding hydrogens is 352 g/mol. The highest BCUT2D eigenvalue weighted by atomic mass is 32.1. The van der Waals surface area contributed by atoms with Gasteiger partial charge in [0.05, 0.1) is 6.04 Å². The molecule has 3 aromatic rings. The second-order valence-electron chi connectivity index (χ2n) is 7.05. The molecule has 1 aromatic heterocycles. The molecule has 2 heterocycles. The lowest BCUT2D eigenvalue weighted by atomic mass is 9.98. The van der Waals surface area contributed by atoms with Crippen molar-refractivity contribution in [3.8, 4) is 0 Å². The highest BCUT2D eigenvalue weighted by molar-refractivity contribution is 7.10. The van der Waals surface area contributed by atoms with Gasteiger partial charge in [-0.15, -0.1) is 11.3 Å². The van der Waals surface area contributed by atoms with Crippen molar-refractivity contribution < 1.29 is 4.79 Å². The molecule has 1 N–H and O–H groups in total. The zero-order valence-electron chi connectivity index (χ0n) is 15.5. The first-order chi connectivity index (χ1) is 13.2. The molecule has 1 aliphatic heterocycles. The van der Waals surface area contributed by atoms with E-state index in [2.05, 4.69) is 52.0 Å². The smallest absolute Gasteiger partial charge is 0.251 e. The van der Waals surface area contributed by atoms with E-state index < -0.39 is 0 Å². The Hall–Kier alpha value is -2.43. The number of fused-ring (bicyclic) bond motifs is 1. The summed E-state index contributed by atoms with van der Waals surface area (Å²) < 4.78 is 0. The molecule has 0 radical (unpaired) electrons. The van der Waals surface area contributed by atoms with E-state index in [9.17, 15) is 4.79 Å². The third-order valence-electron chi connectivity index (χ3n) is 5.32. The van der Waals surface area contributed by atoms with Gasteiger partial charge in [-0.3, -0.25) is 9.69 Å². The summed E-state index contributed by atoms with van der Waals surface area (Å²) in [5.74, 6) is 0.00654. The van der Waals surface area contributed by atoms with Crippen LogP contribution in [-0.4, -0.2) is 23.9 Å². The molecule has 0 saturated heterocycles. The Bertz CT molecular complexity index is 920. The van der Waals surface area contributed by atoms with Gasteiger partial charge in [0.1, 0.15) is 0 Å². The van der Waals surface area contributed by atoms with Crippen molar-refractivity contribution in [3.63, 3.8) is 0 Å². The van der Waals surface area contributed by atoms with Gasteiger partial charge >= 0.3 is 0 Å². The van der Waals surface area contributed by atoms with Crippen molar-refractivity contribution in [1.29, 1.82) is 0 Å². The van der Waals surface area contributed by atoms with Gasteiger partial charge in [0, 0.05) is 30.1 Å². The van der Waals surface area contributed by atoms with E-state index in [1.165, 1.54) is 16.0 Å². The molecular formula is C23H24N2OS. The number of carbonyl (C=O) groups is 1. The third-order valence-corrected chi connectivity index (χ3v) is 6.29. The van der Waals surface area contributed by atoms with E-state index in [1.807, 2.05) is 31.2 Å². The van der Waals surface area contributed by atoms with Gasteiger partial charge in [0.15, 0.2) is 0 Å². The molecule has 0 fully saturated rings. The van der Waals surface area contributed by atoms with Crippen LogP contribution in [0.2, 0.25) is 0 Å². The quantitative estimate of drug-likeness (QED) is 0.707. The first-order valence-corrected chi connectivity index (χ1v) is 10.3. The van der Waals surface area contributed by atoms with Crippen molar-refractivity contribution in [1.82, 2.24) is 10.2 Å². The van der Waals surface area contributed by atoms with Gasteiger partial charge in [0.25, 0.3) is 5.91 Å². The first-order valence-electron chi connectivity index (χ1n) is 9.40. The number of nitrogens with one attached hydrogen (secondary N) is 1. The average molecular weight is 377 g/mol. The fourth-order valence-corrected chi connectivity index (χ4v) is 4.65. The van der Waals surface area contributed by atoms with E-state index in [1.54, 1.807) is 11.3 Å². The van der Waals surface area contributed by atoms with Crippen LogP contribution >= 0.6 is 11.3 Å². The van der Waals surface area contributed by atoms with Crippen molar-refractivity contribution in [2.24, 2.45) is 0 Å². The van der Waals surface area contributed by atoms with E-state index in [0.717, 1.165) is 30.6 Å². The summed E-state index contributed by atoms with van der Waals surface area (Å²) in [7, 11) is 0. The molecule has 0 saturated carbocycles. The highest BCUT2D eigenvalue weighted by Gasteiger charge is 2.26. The summed E-state index contributed by atoms with van der Waals surface area (Å²) in [6.07, 6.45) is 1.06. The number of nitrogens with zero attached hydrogens (tertiary/aromatic N) is 1. The summed E-state index contributed by atoms with van der Waals surface area (Å²) in [6.45, 7) is 4.54. The Morgan fingerprint density at radius 1 is 1.07 bits per heavy atom. The van der Waals surface area contributed by atoms with Crippen molar-refractivity contribution >= 4 is 17.2 Å². The van der Waals surface area contributed by atoms with Gasteiger partial charge < -0.3 is 5.32 Å². The molecule has 2 aromatic carbocycles. The number of hydrogen-bond donors (Lipinski definition) is 1. The van der Waals surface area contributed by atoms with Crippen LogP contribution in [0.1, 0.15) is 38.0 Å². The Labute approximate surface area is 164 Å². The minimum Gasteiger partial charge on any atom is -0.350 e. The molecule has 4 rings (SSSR count). The van der Waals surface area contributed by atoms with Crippen LogP contribution in [0.3, 0.4) is 0 Å². The van der Waals surface area contributed by atoms with Crippen LogP contribution in [0, 0.1) is 6.92 Å². The fraction of sp³-hybridized carbons (Fsp3) is 0.261. The number of hydrogen-bond acceptors (Lipinski definition) is 3. The van der Waals surface area contributed by atoms with Gasteiger partial charge in [-0.05, 0) is 47.5 Å². The molecule has 0 bridgehead atoms. The lowest BCUT2D eigenvalue weighted by Crippen LogP contribution is -2.40. The maximum Gasteiger partial charge on any atom is 0.251 e. The summed E-state index contributed by atoms with van der Waals surface area (Å²) in [6, 6.07) is 20.9. The number of amides is 1. The Morgan fingerprint density at radius 2 is 1.85 bits per heavy atom. The molecule has 138 valence electrons. The maximum atomic E-state index is 12.7. The van der Waals surface area contributed by atoms with Gasteiger partial charge in [-0.2, -0.15) is 0 Å². The minimum absolute atomic E-state index is 0.00654. The van der Waals surface area contributed by atoms with Gasteiger partial charge in [-0.25, -0.2) is 0 Å². The number of aryl methyl sites for hydroxylation is 1. The molecule has 4 heteroatoms. The molecule has 1 amide bonds. The number of benzene rings is 2. The van der Waals surface area contributed by atoms with E-state index in [4.69, 9.17) is 0 Å². The second kappa shape index (κ2) is 8.07. The standard InChI is InChI=1S/C23H24N2OS/c1-17-7-2-5-10-20(17)23(26)24-15-21(22-11-6-14-27-22)25-13-12-18-8-3-4-9-19(18)16-25/h2-11,14,21H,12-13,15-16H2,1H3,(H,24,26)/t21-/m1/s1. The predicted molar refractivity (Wildman–Crippen MR) is 111 cm³/mol. The molecule has 1 atom stereocenters. The molecule has 27 heavy (non-hydrogen) atoms. The monoisotopic (exact) mass is 376 g/mol. The van der Waals surface area contributed by atoms with Gasteiger partial charge in [0.2, 0.25) is 0 Å². The summed E-state index contributed by atoms with van der Waals surface area (Å²) in [4.78, 5) is 16.5. The number of rotatable bonds is 5. The molecule has 1 aliphatic rings. The minimum atomic E-state index is 0.00654. The zero-order valence-corrected chi connectivity index (χ0v) is 16.3. The SMILES string of the molecule is Cc1ccccc1C(=O)NC[C@H](c1cccs1)N1CCc2ccccc2C1. The van der Waals surface area contributed by atoms with E-state index >= 15 is 0 Å². The van der Waals surface area contributed by atoms with Crippen LogP contribution in [0.5, 0.6) is 0 Å². The van der Waals surface area contributed by atoms with Crippen LogP contribution in [0.25, 0.3) is 0 Å². The lowest BCUT2D eigenvalue weighted by molar-refractivity contribution is 0.0928. The first kappa shape index (κ1) is 18.0. The molecule has 0 aliphatic carbocycles. The van der Waals surface area contributed by atoms with Crippen LogP contribution in [-0.2, 0) is 13.0 Å². The van der Waals surface area contributed by atoms with Crippen molar-refractivity contribution in [3.05, 3.63) is 93.2 Å². The zero-order chi connectivity index (χ0) is 18.6. The third kappa shape index (κ3) is 3.97. The number of carbonyl (C=O) groups excluding carboxylic acids is 1. The maximum absolute atomic E-state index is 12.7. The average Bonchev–Trinajstić information content (AvgIpc) is 3.23. The molecule has 0 spiro atoms. The van der Waals surface area contributed by atoms with E-state index in [-0.39, 0.29) is 11.9 Å². The topological polar surface area (TPSA) is 32.3 Å². The largest absolute Gasteiger partial charge is 0.350 e. The second-order valence-corrected chi connectivity index (χ2v) is 8.02. The summed E-state index contributed by atoms with van der Waals surface area (Å²) in [5.41, 5.74) is 4.61. The van der Waals surface area contributed by atoms with Crippen LogP contribution in [0.4, 0.5) is 0 Å². The van der Waals surface area contributed by atoms with Crippen LogP contribution < -0.4 is 5.32 Å². The number of thiophene rings is 1. The highest BCUT2D eigenvalue weighted by Crippen LogP contribution is 2.30. The molecule has 3 nitrogen and oxygen atoms in total. The van der Waals surface area contributed by atoms with E-state index in [0.29, 0.717) is 6.54 Å². The lowest BCUT2D eigenvalue weighted by Gasteiger charge is -2.35. The summed E-state index contributed by atoms with van der Waals surface area (Å²) >= 11 is 1.76. The van der Waals surface area contributed by atoms with Gasteiger partial charge in [-0.1, -0.05) is 48.5 Å². The normalized spacial score (nSPS) is 15.1. The van der Waals surface area contributed by atoms with Crippen molar-refractivity contribution in [2.45, 2.75) is 25.9 Å². The van der Waals surface area contributed by atoms with Crippen LogP contribution in [0.15, 0.2) is 66.0 Å². The fourth-order valence-electron chi connectivity index (χ4n) is 3.79. The predicted octanol–water partition coefficient (Wildman–Crippen LogP) is 4.59. The Kier molecular flexibility index (Phi) is 5.37. The Balaban J connectivity index is 1.51. The Morgan fingerprint density at radius 3 is 2.63 bits per heavy atom.